The highest BCUT2D eigenvalue weighted by Crippen LogP contribution is 2.18. The Bertz CT molecular complexity index is 1030. The Labute approximate surface area is 156 Å². The van der Waals surface area contributed by atoms with Gasteiger partial charge in [-0.05, 0) is 36.6 Å². The lowest BCUT2D eigenvalue weighted by atomic mass is 10.1. The zero-order chi connectivity index (χ0) is 18.6. The van der Waals surface area contributed by atoms with Gasteiger partial charge in [0, 0.05) is 6.04 Å². The molecule has 2 aromatic carbocycles. The van der Waals surface area contributed by atoms with Gasteiger partial charge in [-0.15, -0.1) is 5.10 Å². The molecule has 1 unspecified atom stereocenters. The van der Waals surface area contributed by atoms with E-state index in [-0.39, 0.29) is 11.9 Å². The summed E-state index contributed by atoms with van der Waals surface area (Å²) < 4.78 is 14.8. The lowest BCUT2D eigenvalue weighted by molar-refractivity contribution is 0.623. The van der Waals surface area contributed by atoms with Crippen LogP contribution in [0.2, 0.25) is 0 Å². The van der Waals surface area contributed by atoms with E-state index in [1.54, 1.807) is 16.8 Å². The molecule has 0 amide bonds. The third-order valence-corrected chi connectivity index (χ3v) is 4.31. The number of aromatic nitrogens is 5. The third-order valence-electron chi connectivity index (χ3n) is 4.31. The molecule has 1 N–H and O–H groups in total. The second-order valence-corrected chi connectivity index (χ2v) is 6.50. The van der Waals surface area contributed by atoms with E-state index in [9.17, 15) is 4.39 Å². The average Bonchev–Trinajstić information content (AvgIpc) is 3.08. The van der Waals surface area contributed by atoms with Crippen molar-refractivity contribution in [1.29, 1.82) is 0 Å². The van der Waals surface area contributed by atoms with Gasteiger partial charge >= 0.3 is 0 Å². The molecule has 0 spiro atoms. The Morgan fingerprint density at radius 1 is 1.00 bits per heavy atom. The maximum Gasteiger partial charge on any atom is 0.184 e. The summed E-state index contributed by atoms with van der Waals surface area (Å²) in [6, 6.07) is 16.8. The van der Waals surface area contributed by atoms with Crippen molar-refractivity contribution in [2.45, 2.75) is 25.9 Å². The largest absolute Gasteiger partial charge is 0.365 e. The first kappa shape index (κ1) is 17.1. The number of nitrogens with one attached hydrogen (secondary N) is 1. The van der Waals surface area contributed by atoms with Crippen molar-refractivity contribution in [2.24, 2.45) is 0 Å². The molecule has 0 saturated heterocycles. The number of halogens is 1. The standard InChI is InChI=1S/C20H19FN6/c1-14(11-15-5-3-2-4-6-15)24-19-18-20(23-13-22-19)27(26-25-18)12-16-7-9-17(21)10-8-16/h2-10,13-14H,11-12H2,1H3,(H,22,23,24). The van der Waals surface area contributed by atoms with Gasteiger partial charge < -0.3 is 5.32 Å². The second-order valence-electron chi connectivity index (χ2n) is 6.50. The van der Waals surface area contributed by atoms with E-state index in [1.807, 2.05) is 18.2 Å². The number of hydrogen-bond acceptors (Lipinski definition) is 5. The number of benzene rings is 2. The minimum atomic E-state index is -0.261. The smallest absolute Gasteiger partial charge is 0.184 e. The van der Waals surface area contributed by atoms with Crippen molar-refractivity contribution in [3.05, 3.63) is 77.9 Å². The molecular weight excluding hydrogens is 343 g/mol. The number of rotatable bonds is 6. The molecule has 0 radical (unpaired) electrons. The van der Waals surface area contributed by atoms with Crippen LogP contribution in [0, 0.1) is 5.82 Å². The summed E-state index contributed by atoms with van der Waals surface area (Å²) in [4.78, 5) is 8.65. The van der Waals surface area contributed by atoms with E-state index < -0.39 is 0 Å². The molecule has 2 aromatic heterocycles. The van der Waals surface area contributed by atoms with Gasteiger partial charge in [0.25, 0.3) is 0 Å². The molecular formula is C20H19FN6. The predicted molar refractivity (Wildman–Crippen MR) is 102 cm³/mol. The Kier molecular flexibility index (Phi) is 4.74. The van der Waals surface area contributed by atoms with Crippen molar-refractivity contribution in [3.8, 4) is 0 Å². The normalized spacial score (nSPS) is 12.2. The Morgan fingerprint density at radius 3 is 2.56 bits per heavy atom. The molecule has 27 heavy (non-hydrogen) atoms. The maximum absolute atomic E-state index is 13.1. The van der Waals surface area contributed by atoms with Crippen LogP contribution in [0.3, 0.4) is 0 Å². The molecule has 0 saturated carbocycles. The van der Waals surface area contributed by atoms with Gasteiger partial charge in [-0.3, -0.25) is 0 Å². The van der Waals surface area contributed by atoms with Crippen LogP contribution in [0.4, 0.5) is 10.2 Å². The number of hydrogen-bond donors (Lipinski definition) is 1. The van der Waals surface area contributed by atoms with Crippen molar-refractivity contribution in [1.82, 2.24) is 25.0 Å². The highest BCUT2D eigenvalue weighted by atomic mass is 19.1. The Hall–Kier alpha value is -3.35. The van der Waals surface area contributed by atoms with Crippen LogP contribution in [-0.4, -0.2) is 31.0 Å². The van der Waals surface area contributed by atoms with Crippen LogP contribution in [0.15, 0.2) is 60.9 Å². The molecule has 2 heterocycles. The maximum atomic E-state index is 13.1. The fourth-order valence-electron chi connectivity index (χ4n) is 3.02. The van der Waals surface area contributed by atoms with Crippen LogP contribution >= 0.6 is 0 Å². The van der Waals surface area contributed by atoms with Crippen LogP contribution < -0.4 is 5.32 Å². The fraction of sp³-hybridized carbons (Fsp3) is 0.200. The van der Waals surface area contributed by atoms with Crippen molar-refractivity contribution < 1.29 is 4.39 Å². The predicted octanol–water partition coefficient (Wildman–Crippen LogP) is 3.45. The highest BCUT2D eigenvalue weighted by molar-refractivity contribution is 5.82. The van der Waals surface area contributed by atoms with Gasteiger partial charge in [0.05, 0.1) is 6.54 Å². The summed E-state index contributed by atoms with van der Waals surface area (Å²) in [6.07, 6.45) is 2.38. The van der Waals surface area contributed by atoms with Gasteiger partial charge in [-0.1, -0.05) is 47.7 Å². The minimum Gasteiger partial charge on any atom is -0.365 e. The summed E-state index contributed by atoms with van der Waals surface area (Å²) in [5, 5.41) is 11.8. The summed E-state index contributed by atoms with van der Waals surface area (Å²) >= 11 is 0. The summed E-state index contributed by atoms with van der Waals surface area (Å²) in [7, 11) is 0. The summed E-state index contributed by atoms with van der Waals surface area (Å²) in [5.74, 6) is 0.400. The molecule has 0 aliphatic carbocycles. The molecule has 0 aliphatic heterocycles. The molecule has 6 nitrogen and oxygen atoms in total. The van der Waals surface area contributed by atoms with Gasteiger partial charge in [-0.25, -0.2) is 19.0 Å². The van der Waals surface area contributed by atoms with Crippen LogP contribution in [0.25, 0.3) is 11.2 Å². The zero-order valence-corrected chi connectivity index (χ0v) is 14.9. The Balaban J connectivity index is 1.54. The third kappa shape index (κ3) is 3.92. The Morgan fingerprint density at radius 2 is 1.78 bits per heavy atom. The van der Waals surface area contributed by atoms with Gasteiger partial charge in [0.2, 0.25) is 0 Å². The van der Waals surface area contributed by atoms with E-state index in [1.165, 1.54) is 24.0 Å². The van der Waals surface area contributed by atoms with E-state index in [0.717, 1.165) is 12.0 Å². The van der Waals surface area contributed by atoms with Crippen LogP contribution in [0.5, 0.6) is 0 Å². The first-order chi connectivity index (χ1) is 13.2. The van der Waals surface area contributed by atoms with E-state index in [4.69, 9.17) is 0 Å². The molecule has 4 aromatic rings. The molecule has 0 fully saturated rings. The van der Waals surface area contributed by atoms with Gasteiger partial charge in [0.15, 0.2) is 17.0 Å². The average molecular weight is 362 g/mol. The second kappa shape index (κ2) is 7.49. The van der Waals surface area contributed by atoms with Crippen LogP contribution in [-0.2, 0) is 13.0 Å². The molecule has 0 bridgehead atoms. The zero-order valence-electron chi connectivity index (χ0n) is 14.9. The van der Waals surface area contributed by atoms with Gasteiger partial charge in [0.1, 0.15) is 12.1 Å². The van der Waals surface area contributed by atoms with Crippen molar-refractivity contribution in [2.75, 3.05) is 5.32 Å². The van der Waals surface area contributed by atoms with E-state index in [0.29, 0.717) is 23.5 Å². The van der Waals surface area contributed by atoms with Crippen molar-refractivity contribution >= 4 is 17.0 Å². The van der Waals surface area contributed by atoms with Gasteiger partial charge in [-0.2, -0.15) is 0 Å². The monoisotopic (exact) mass is 362 g/mol. The lowest BCUT2D eigenvalue weighted by Crippen LogP contribution is -2.19. The molecule has 4 rings (SSSR count). The SMILES string of the molecule is CC(Cc1ccccc1)Nc1ncnc2c1nnn2Cc1ccc(F)cc1. The highest BCUT2D eigenvalue weighted by Gasteiger charge is 2.14. The first-order valence-corrected chi connectivity index (χ1v) is 8.78. The first-order valence-electron chi connectivity index (χ1n) is 8.78. The van der Waals surface area contributed by atoms with E-state index in [2.05, 4.69) is 44.7 Å². The molecule has 0 aliphatic rings. The summed E-state index contributed by atoms with van der Waals surface area (Å²) in [5.41, 5.74) is 3.44. The van der Waals surface area contributed by atoms with E-state index >= 15 is 0 Å². The lowest BCUT2D eigenvalue weighted by Gasteiger charge is -2.14. The number of nitrogens with zero attached hydrogens (tertiary/aromatic N) is 5. The quantitative estimate of drug-likeness (QED) is 0.569. The molecule has 1 atom stereocenters. The minimum absolute atomic E-state index is 0.174. The fourth-order valence-corrected chi connectivity index (χ4v) is 3.02. The molecule has 136 valence electrons. The van der Waals surface area contributed by atoms with Crippen LogP contribution in [0.1, 0.15) is 18.1 Å². The van der Waals surface area contributed by atoms with Crippen molar-refractivity contribution in [3.63, 3.8) is 0 Å². The number of anilines is 1. The topological polar surface area (TPSA) is 68.5 Å². The summed E-state index contributed by atoms with van der Waals surface area (Å²) in [6.45, 7) is 2.57. The molecule has 7 heteroatoms. The number of fused-ring (bicyclic) bond motifs is 1.